The molecule has 1 aliphatic carbocycles. The molecule has 1 aromatic heterocycles. The molecule has 156 valence electrons. The van der Waals surface area contributed by atoms with Crippen LogP contribution in [0, 0.1) is 0 Å². The van der Waals surface area contributed by atoms with Gasteiger partial charge in [-0.05, 0) is 86.1 Å². The molecule has 0 spiro atoms. The summed E-state index contributed by atoms with van der Waals surface area (Å²) in [4.78, 5) is 4.85. The number of nitrogens with zero attached hydrogens (tertiary/aromatic N) is 3. The SMILES string of the molecule is O=S(=O)(c1ccc2c(c1)CCCC2)N1CCCC1c1nc(-c2ccc(Cl)cc2)no1. The van der Waals surface area contributed by atoms with E-state index in [4.69, 9.17) is 16.1 Å². The minimum absolute atomic E-state index is 0.332. The largest absolute Gasteiger partial charge is 0.337 e. The van der Waals surface area contributed by atoms with Crippen LogP contribution in [-0.4, -0.2) is 29.4 Å². The standard InChI is InChI=1S/C22H22ClN3O3S/c23-18-10-7-16(8-11-18)21-24-22(29-25-21)20-6-3-13-26(20)30(27,28)19-12-9-15-4-1-2-5-17(15)14-19/h7-12,14,20H,1-6,13H2. The van der Waals surface area contributed by atoms with E-state index in [2.05, 4.69) is 10.1 Å². The van der Waals surface area contributed by atoms with Crippen molar-refractivity contribution >= 4 is 21.6 Å². The number of fused-ring (bicyclic) bond motifs is 1. The van der Waals surface area contributed by atoms with Crippen LogP contribution in [0.15, 0.2) is 51.9 Å². The van der Waals surface area contributed by atoms with Crippen molar-refractivity contribution in [1.29, 1.82) is 0 Å². The maximum atomic E-state index is 13.4. The zero-order chi connectivity index (χ0) is 20.7. The van der Waals surface area contributed by atoms with E-state index in [0.717, 1.165) is 36.8 Å². The lowest BCUT2D eigenvalue weighted by Crippen LogP contribution is -2.31. The van der Waals surface area contributed by atoms with Crippen molar-refractivity contribution in [2.75, 3.05) is 6.54 Å². The van der Waals surface area contributed by atoms with Crippen LogP contribution in [0.5, 0.6) is 0 Å². The Labute approximate surface area is 180 Å². The smallest absolute Gasteiger partial charge is 0.245 e. The van der Waals surface area contributed by atoms with Crippen molar-refractivity contribution in [3.63, 3.8) is 0 Å². The van der Waals surface area contributed by atoms with Crippen LogP contribution in [0.25, 0.3) is 11.4 Å². The van der Waals surface area contributed by atoms with Gasteiger partial charge >= 0.3 is 0 Å². The first-order chi connectivity index (χ1) is 14.5. The Morgan fingerprint density at radius 3 is 2.57 bits per heavy atom. The van der Waals surface area contributed by atoms with E-state index in [1.165, 1.54) is 16.3 Å². The van der Waals surface area contributed by atoms with Gasteiger partial charge in [0.05, 0.1) is 4.90 Å². The summed E-state index contributed by atoms with van der Waals surface area (Å²) >= 11 is 5.94. The summed E-state index contributed by atoms with van der Waals surface area (Å²) in [5.41, 5.74) is 3.19. The quantitative estimate of drug-likeness (QED) is 0.579. The fraction of sp³-hybridized carbons (Fsp3) is 0.364. The topological polar surface area (TPSA) is 76.3 Å². The minimum atomic E-state index is -3.64. The number of benzene rings is 2. The van der Waals surface area contributed by atoms with E-state index in [9.17, 15) is 8.42 Å². The van der Waals surface area contributed by atoms with Gasteiger partial charge in [0, 0.05) is 17.1 Å². The molecule has 2 aliphatic rings. The van der Waals surface area contributed by atoms with Crippen LogP contribution >= 0.6 is 11.6 Å². The van der Waals surface area contributed by atoms with Crippen LogP contribution in [0.4, 0.5) is 0 Å². The van der Waals surface area contributed by atoms with Gasteiger partial charge in [0.15, 0.2) is 0 Å². The summed E-state index contributed by atoms with van der Waals surface area (Å²) in [6.45, 7) is 0.447. The molecule has 0 bridgehead atoms. The molecular formula is C22H22ClN3O3S. The summed E-state index contributed by atoms with van der Waals surface area (Å²) in [6.07, 6.45) is 5.66. The fourth-order valence-corrected chi connectivity index (χ4v) is 6.20. The highest BCUT2D eigenvalue weighted by molar-refractivity contribution is 7.89. The highest BCUT2D eigenvalue weighted by atomic mass is 35.5. The molecule has 1 atom stereocenters. The lowest BCUT2D eigenvalue weighted by atomic mass is 9.92. The van der Waals surface area contributed by atoms with Gasteiger partial charge in [-0.25, -0.2) is 8.42 Å². The molecule has 1 aliphatic heterocycles. The van der Waals surface area contributed by atoms with E-state index >= 15 is 0 Å². The Balaban J connectivity index is 1.44. The first-order valence-corrected chi connectivity index (χ1v) is 12.1. The first-order valence-electron chi connectivity index (χ1n) is 10.3. The van der Waals surface area contributed by atoms with Gasteiger partial charge < -0.3 is 4.52 Å². The zero-order valence-electron chi connectivity index (χ0n) is 16.4. The van der Waals surface area contributed by atoms with E-state index in [-0.39, 0.29) is 0 Å². The van der Waals surface area contributed by atoms with Gasteiger partial charge in [-0.3, -0.25) is 0 Å². The molecule has 3 aromatic rings. The Morgan fingerprint density at radius 1 is 1.00 bits per heavy atom. The molecular weight excluding hydrogens is 422 g/mol. The van der Waals surface area contributed by atoms with Gasteiger partial charge in [0.2, 0.25) is 21.7 Å². The molecule has 0 N–H and O–H groups in total. The molecule has 1 saturated heterocycles. The number of rotatable bonds is 4. The Bertz CT molecular complexity index is 1170. The molecule has 0 amide bonds. The van der Waals surface area contributed by atoms with Crippen molar-refractivity contribution in [2.24, 2.45) is 0 Å². The third-order valence-electron chi connectivity index (χ3n) is 5.96. The second-order valence-electron chi connectivity index (χ2n) is 7.87. The minimum Gasteiger partial charge on any atom is -0.337 e. The lowest BCUT2D eigenvalue weighted by Gasteiger charge is -2.23. The number of aryl methyl sites for hydroxylation is 2. The van der Waals surface area contributed by atoms with E-state index in [0.29, 0.717) is 34.6 Å². The summed E-state index contributed by atoms with van der Waals surface area (Å²) in [6, 6.07) is 12.3. The summed E-state index contributed by atoms with van der Waals surface area (Å²) in [7, 11) is -3.64. The average Bonchev–Trinajstić information content (AvgIpc) is 3.44. The van der Waals surface area contributed by atoms with Crippen LogP contribution in [-0.2, 0) is 22.9 Å². The van der Waals surface area contributed by atoms with Crippen molar-refractivity contribution in [3.8, 4) is 11.4 Å². The summed E-state index contributed by atoms with van der Waals surface area (Å²) in [5.74, 6) is 0.763. The van der Waals surface area contributed by atoms with E-state index in [1.54, 1.807) is 18.2 Å². The van der Waals surface area contributed by atoms with Crippen molar-refractivity contribution < 1.29 is 12.9 Å². The van der Waals surface area contributed by atoms with E-state index < -0.39 is 16.1 Å². The van der Waals surface area contributed by atoms with Gasteiger partial charge in [0.25, 0.3) is 0 Å². The van der Waals surface area contributed by atoms with Crippen LogP contribution in [0.2, 0.25) is 5.02 Å². The second-order valence-corrected chi connectivity index (χ2v) is 10.2. The van der Waals surface area contributed by atoms with Crippen molar-refractivity contribution in [2.45, 2.75) is 49.5 Å². The first kappa shape index (κ1) is 19.7. The van der Waals surface area contributed by atoms with Crippen molar-refractivity contribution in [3.05, 3.63) is 64.5 Å². The van der Waals surface area contributed by atoms with Crippen LogP contribution in [0.3, 0.4) is 0 Å². The highest BCUT2D eigenvalue weighted by Gasteiger charge is 2.39. The van der Waals surface area contributed by atoms with Gasteiger partial charge in [-0.15, -0.1) is 0 Å². The fourth-order valence-electron chi connectivity index (χ4n) is 4.37. The molecule has 5 rings (SSSR count). The summed E-state index contributed by atoms with van der Waals surface area (Å²) in [5, 5.41) is 4.68. The van der Waals surface area contributed by atoms with Crippen molar-refractivity contribution in [1.82, 2.24) is 14.4 Å². The van der Waals surface area contributed by atoms with Gasteiger partial charge in [0.1, 0.15) is 6.04 Å². The third-order valence-corrected chi connectivity index (χ3v) is 8.12. The molecule has 8 heteroatoms. The lowest BCUT2D eigenvalue weighted by molar-refractivity contribution is 0.290. The number of sulfonamides is 1. The Kier molecular flexibility index (Phi) is 5.13. The monoisotopic (exact) mass is 443 g/mol. The average molecular weight is 444 g/mol. The highest BCUT2D eigenvalue weighted by Crippen LogP contribution is 2.37. The molecule has 0 radical (unpaired) electrons. The van der Waals surface area contributed by atoms with Gasteiger partial charge in [-0.2, -0.15) is 9.29 Å². The number of halogens is 1. The van der Waals surface area contributed by atoms with Gasteiger partial charge in [-0.1, -0.05) is 22.8 Å². The molecule has 0 saturated carbocycles. The molecule has 2 heterocycles. The maximum Gasteiger partial charge on any atom is 0.245 e. The Morgan fingerprint density at radius 2 is 1.77 bits per heavy atom. The Hall–Kier alpha value is -2.22. The number of hydrogen-bond donors (Lipinski definition) is 0. The predicted molar refractivity (Wildman–Crippen MR) is 114 cm³/mol. The predicted octanol–water partition coefficient (Wildman–Crippen LogP) is 4.79. The van der Waals surface area contributed by atoms with Crippen LogP contribution in [0.1, 0.15) is 48.7 Å². The number of hydrogen-bond acceptors (Lipinski definition) is 5. The van der Waals surface area contributed by atoms with Crippen LogP contribution < -0.4 is 0 Å². The summed E-state index contributed by atoms with van der Waals surface area (Å²) < 4.78 is 33.9. The number of aromatic nitrogens is 2. The normalized spacial score (nSPS) is 19.7. The third kappa shape index (κ3) is 3.55. The molecule has 1 fully saturated rings. The molecule has 6 nitrogen and oxygen atoms in total. The second kappa shape index (κ2) is 7.80. The molecule has 30 heavy (non-hydrogen) atoms. The molecule has 2 aromatic carbocycles. The van der Waals surface area contributed by atoms with E-state index in [1.807, 2.05) is 24.3 Å². The molecule has 1 unspecified atom stereocenters. The maximum absolute atomic E-state index is 13.4. The zero-order valence-corrected chi connectivity index (χ0v) is 18.0.